The van der Waals surface area contributed by atoms with Crippen LogP contribution < -0.4 is 0 Å². The van der Waals surface area contributed by atoms with Crippen molar-refractivity contribution >= 4 is 17.9 Å². The minimum absolute atomic E-state index is 0.0690. The molecular weight excluding hydrogens is 330 g/mol. The van der Waals surface area contributed by atoms with Gasteiger partial charge in [0.1, 0.15) is 0 Å². The summed E-state index contributed by atoms with van der Waals surface area (Å²) in [4.78, 5) is 40.2. The van der Waals surface area contributed by atoms with Gasteiger partial charge in [-0.1, -0.05) is 0 Å². The highest BCUT2D eigenvalue weighted by Gasteiger charge is 2.21. The molecule has 1 saturated heterocycles. The number of hydrogen-bond donors (Lipinski definition) is 1. The number of carbonyl (C=O) groups excluding carboxylic acids is 2. The maximum atomic E-state index is 11.7. The highest BCUT2D eigenvalue weighted by Crippen LogP contribution is 2.02. The summed E-state index contributed by atoms with van der Waals surface area (Å²) in [5.41, 5.74) is 0. The van der Waals surface area contributed by atoms with Crippen LogP contribution in [0.1, 0.15) is 13.8 Å². The van der Waals surface area contributed by atoms with Gasteiger partial charge in [-0.15, -0.1) is 0 Å². The van der Waals surface area contributed by atoms with E-state index in [1.54, 1.807) is 13.8 Å². The Morgan fingerprint density at radius 1 is 0.720 bits per heavy atom. The lowest BCUT2D eigenvalue weighted by Gasteiger charge is -2.24. The molecule has 0 aromatic heterocycles. The van der Waals surface area contributed by atoms with Crippen molar-refractivity contribution in [2.75, 3.05) is 72.1 Å². The SMILES string of the molecule is CCOC(=O)CN1CCN(CC(=O)O)CCN(CC(=O)OCC)CC1. The zero-order chi connectivity index (χ0) is 18.7. The van der Waals surface area contributed by atoms with Crippen molar-refractivity contribution in [3.05, 3.63) is 0 Å². The minimum atomic E-state index is -0.895. The van der Waals surface area contributed by atoms with Crippen LogP contribution in [-0.4, -0.2) is 110 Å². The summed E-state index contributed by atoms with van der Waals surface area (Å²) in [6, 6.07) is 0. The summed E-state index contributed by atoms with van der Waals surface area (Å²) >= 11 is 0. The first-order chi connectivity index (χ1) is 11.9. The van der Waals surface area contributed by atoms with E-state index in [9.17, 15) is 14.4 Å². The Balaban J connectivity index is 2.70. The van der Waals surface area contributed by atoms with Crippen molar-refractivity contribution in [3.8, 4) is 0 Å². The Bertz CT molecular complexity index is 414. The highest BCUT2D eigenvalue weighted by atomic mass is 16.5. The van der Waals surface area contributed by atoms with E-state index < -0.39 is 5.97 Å². The van der Waals surface area contributed by atoms with Crippen molar-refractivity contribution in [2.45, 2.75) is 13.8 Å². The lowest BCUT2D eigenvalue weighted by molar-refractivity contribution is -0.146. The fraction of sp³-hybridized carbons (Fsp3) is 0.812. The number of hydrogen-bond acceptors (Lipinski definition) is 8. The minimum Gasteiger partial charge on any atom is -0.480 e. The van der Waals surface area contributed by atoms with Gasteiger partial charge < -0.3 is 14.6 Å². The molecule has 1 aliphatic rings. The second-order valence-electron chi connectivity index (χ2n) is 5.83. The monoisotopic (exact) mass is 359 g/mol. The number of aliphatic carboxylic acids is 1. The van der Waals surface area contributed by atoms with Crippen molar-refractivity contribution in [1.82, 2.24) is 14.7 Å². The normalized spacial score (nSPS) is 18.0. The number of rotatable bonds is 8. The molecule has 1 rings (SSSR count). The first-order valence-corrected chi connectivity index (χ1v) is 8.64. The van der Waals surface area contributed by atoms with Gasteiger partial charge in [0.05, 0.1) is 32.8 Å². The Labute approximate surface area is 148 Å². The molecule has 1 N–H and O–H groups in total. The molecule has 0 saturated carbocycles. The number of carboxylic acids is 1. The summed E-state index contributed by atoms with van der Waals surface area (Å²) < 4.78 is 9.97. The van der Waals surface area contributed by atoms with E-state index in [4.69, 9.17) is 14.6 Å². The predicted octanol–water partition coefficient (Wildman–Crippen LogP) is -0.883. The molecule has 1 aliphatic heterocycles. The molecule has 0 aromatic rings. The van der Waals surface area contributed by atoms with Gasteiger partial charge in [-0.25, -0.2) is 0 Å². The Morgan fingerprint density at radius 2 is 1.04 bits per heavy atom. The van der Waals surface area contributed by atoms with Gasteiger partial charge in [0.25, 0.3) is 0 Å². The first kappa shape index (κ1) is 21.3. The third-order valence-electron chi connectivity index (χ3n) is 3.87. The number of nitrogens with zero attached hydrogens (tertiary/aromatic N) is 3. The molecule has 0 amide bonds. The fourth-order valence-electron chi connectivity index (χ4n) is 2.63. The van der Waals surface area contributed by atoms with Gasteiger partial charge in [0.15, 0.2) is 0 Å². The second-order valence-corrected chi connectivity index (χ2v) is 5.83. The molecule has 9 nitrogen and oxygen atoms in total. The standard InChI is InChI=1S/C16H29N3O6/c1-3-24-15(22)12-18-7-5-17(11-14(20)21)6-8-19(10-9-18)13-16(23)25-4-2/h3-13H2,1-2H3,(H,20,21). The van der Waals surface area contributed by atoms with Crippen LogP contribution in [0, 0.1) is 0 Å². The van der Waals surface area contributed by atoms with Crippen LogP contribution in [0.5, 0.6) is 0 Å². The third kappa shape index (κ3) is 9.37. The molecule has 1 heterocycles. The molecule has 1 fully saturated rings. The fourth-order valence-corrected chi connectivity index (χ4v) is 2.63. The van der Waals surface area contributed by atoms with E-state index >= 15 is 0 Å². The number of ether oxygens (including phenoxy) is 2. The molecule has 0 atom stereocenters. The smallest absolute Gasteiger partial charge is 0.320 e. The quantitative estimate of drug-likeness (QED) is 0.554. The van der Waals surface area contributed by atoms with Gasteiger partial charge in [0, 0.05) is 39.3 Å². The van der Waals surface area contributed by atoms with Gasteiger partial charge >= 0.3 is 17.9 Å². The van der Waals surface area contributed by atoms with E-state index in [2.05, 4.69) is 0 Å². The van der Waals surface area contributed by atoms with E-state index in [0.29, 0.717) is 52.5 Å². The molecule has 0 unspecified atom stereocenters. The maximum Gasteiger partial charge on any atom is 0.320 e. The predicted molar refractivity (Wildman–Crippen MR) is 90.2 cm³/mol. The van der Waals surface area contributed by atoms with Crippen molar-refractivity contribution in [3.63, 3.8) is 0 Å². The lowest BCUT2D eigenvalue weighted by Crippen LogP contribution is -2.41. The molecular formula is C16H29N3O6. The summed E-state index contributed by atoms with van der Waals surface area (Å²) in [6.07, 6.45) is 0. The Kier molecular flexibility index (Phi) is 10.0. The van der Waals surface area contributed by atoms with Gasteiger partial charge in [-0.05, 0) is 13.8 Å². The largest absolute Gasteiger partial charge is 0.480 e. The number of carboxylic acid groups (broad SMARTS) is 1. The van der Waals surface area contributed by atoms with Crippen LogP contribution in [0.2, 0.25) is 0 Å². The maximum absolute atomic E-state index is 11.7. The number of esters is 2. The van der Waals surface area contributed by atoms with Crippen molar-refractivity contribution < 1.29 is 29.0 Å². The summed E-state index contributed by atoms with van der Waals surface area (Å²) in [5.74, 6) is -1.50. The van der Waals surface area contributed by atoms with Crippen LogP contribution in [0.4, 0.5) is 0 Å². The van der Waals surface area contributed by atoms with Crippen molar-refractivity contribution in [2.24, 2.45) is 0 Å². The van der Waals surface area contributed by atoms with Crippen LogP contribution in [0.15, 0.2) is 0 Å². The molecule has 144 valence electrons. The van der Waals surface area contributed by atoms with Crippen molar-refractivity contribution in [1.29, 1.82) is 0 Å². The van der Waals surface area contributed by atoms with Crippen LogP contribution in [-0.2, 0) is 23.9 Å². The Hall–Kier alpha value is -1.71. The highest BCUT2D eigenvalue weighted by molar-refractivity contribution is 5.72. The topological polar surface area (TPSA) is 99.6 Å². The van der Waals surface area contributed by atoms with Gasteiger partial charge in [0.2, 0.25) is 0 Å². The Morgan fingerprint density at radius 3 is 1.32 bits per heavy atom. The third-order valence-corrected chi connectivity index (χ3v) is 3.87. The van der Waals surface area contributed by atoms with E-state index in [1.165, 1.54) is 0 Å². The summed E-state index contributed by atoms with van der Waals surface area (Å²) in [5, 5.41) is 9.04. The molecule has 0 radical (unpaired) electrons. The van der Waals surface area contributed by atoms with Crippen LogP contribution in [0.25, 0.3) is 0 Å². The summed E-state index contributed by atoms with van der Waals surface area (Å²) in [7, 11) is 0. The average Bonchev–Trinajstić information content (AvgIpc) is 2.61. The summed E-state index contributed by atoms with van der Waals surface area (Å²) in [6.45, 7) is 7.82. The average molecular weight is 359 g/mol. The molecule has 9 heteroatoms. The second kappa shape index (κ2) is 11.8. The molecule has 0 spiro atoms. The first-order valence-electron chi connectivity index (χ1n) is 8.64. The van der Waals surface area contributed by atoms with E-state index in [1.807, 2.05) is 14.7 Å². The van der Waals surface area contributed by atoms with Gasteiger partial charge in [-0.2, -0.15) is 0 Å². The molecule has 0 aromatic carbocycles. The van der Waals surface area contributed by atoms with Crippen LogP contribution in [0.3, 0.4) is 0 Å². The van der Waals surface area contributed by atoms with Gasteiger partial charge in [-0.3, -0.25) is 29.1 Å². The zero-order valence-corrected chi connectivity index (χ0v) is 15.1. The zero-order valence-electron chi connectivity index (χ0n) is 15.1. The molecule has 0 aliphatic carbocycles. The number of carbonyl (C=O) groups is 3. The molecule has 0 bridgehead atoms. The lowest BCUT2D eigenvalue weighted by atomic mass is 10.4. The molecule has 25 heavy (non-hydrogen) atoms. The van der Waals surface area contributed by atoms with Crippen LogP contribution >= 0.6 is 0 Å². The van der Waals surface area contributed by atoms with E-state index in [-0.39, 0.29) is 31.6 Å². The van der Waals surface area contributed by atoms with E-state index in [0.717, 1.165) is 0 Å².